The Morgan fingerprint density at radius 3 is 2.95 bits per heavy atom. The van der Waals surface area contributed by atoms with Gasteiger partial charge in [-0.2, -0.15) is 0 Å². The number of imidazole rings is 1. The number of ether oxygens (including phenoxy) is 1. The van der Waals surface area contributed by atoms with Crippen LogP contribution in [0.5, 0.6) is 5.75 Å². The maximum atomic E-state index is 5.91. The van der Waals surface area contributed by atoms with Gasteiger partial charge >= 0.3 is 0 Å². The minimum absolute atomic E-state index is 0.558. The first kappa shape index (κ1) is 14.4. The van der Waals surface area contributed by atoms with E-state index >= 15 is 0 Å². The summed E-state index contributed by atoms with van der Waals surface area (Å²) in [5.41, 5.74) is 4.97. The summed E-state index contributed by atoms with van der Waals surface area (Å²) in [7, 11) is 1.67. The summed E-state index contributed by atoms with van der Waals surface area (Å²) in [4.78, 5) is 9.05. The Kier molecular flexibility index (Phi) is 4.41. The van der Waals surface area contributed by atoms with Crippen molar-refractivity contribution in [3.63, 3.8) is 0 Å². The topological polar surface area (TPSA) is 39.9 Å². The molecule has 0 bridgehead atoms. The number of hydrogen-bond donors (Lipinski definition) is 0. The summed E-state index contributed by atoms with van der Waals surface area (Å²) in [6.07, 6.45) is 1.64. The molecule has 2 aromatic heterocycles. The number of methoxy groups -OCH3 is 1. The monoisotopic (exact) mass is 321 g/mol. The summed E-state index contributed by atoms with van der Waals surface area (Å²) in [5, 5.41) is 2.08. The zero-order valence-corrected chi connectivity index (χ0v) is 13.3. The Hall–Kier alpha value is -1.59. The van der Waals surface area contributed by atoms with E-state index in [2.05, 4.69) is 21.0 Å². The third-order valence-corrected chi connectivity index (χ3v) is 4.26. The van der Waals surface area contributed by atoms with E-state index in [-0.39, 0.29) is 0 Å². The zero-order valence-electron chi connectivity index (χ0n) is 11.8. The van der Waals surface area contributed by atoms with Crippen LogP contribution in [0, 0.1) is 0 Å². The van der Waals surface area contributed by atoms with Crippen molar-refractivity contribution in [1.82, 2.24) is 14.5 Å². The number of aryl methyl sites for hydroxylation is 3. The number of hydrogen-bond acceptors (Lipinski definition) is 4. The zero-order chi connectivity index (χ0) is 14.7. The van der Waals surface area contributed by atoms with Crippen molar-refractivity contribution in [2.75, 3.05) is 13.0 Å². The third kappa shape index (κ3) is 2.89. The predicted molar refractivity (Wildman–Crippen MR) is 86.5 cm³/mol. The van der Waals surface area contributed by atoms with E-state index in [1.54, 1.807) is 18.4 Å². The molecular weight excluding hydrogens is 306 g/mol. The molecule has 1 aromatic carbocycles. The van der Waals surface area contributed by atoms with Gasteiger partial charge in [-0.05, 0) is 12.1 Å². The molecule has 21 heavy (non-hydrogen) atoms. The summed E-state index contributed by atoms with van der Waals surface area (Å²) in [6.45, 7) is 0.847. The van der Waals surface area contributed by atoms with Crippen LogP contribution >= 0.6 is 22.9 Å². The van der Waals surface area contributed by atoms with Gasteiger partial charge in [0.25, 0.3) is 0 Å². The standard InChI is InChI=1S/C15H16ClN3OS/c1-20-13-4-2-3-12-15(13)18-14(5-7-16)19(12)8-6-11-9-21-10-17-11/h2-4,9-10H,5-8H2,1H3. The molecule has 0 aliphatic heterocycles. The lowest BCUT2D eigenvalue weighted by Crippen LogP contribution is -2.07. The van der Waals surface area contributed by atoms with Crippen LogP contribution < -0.4 is 4.74 Å². The Balaban J connectivity index is 1.99. The highest BCUT2D eigenvalue weighted by Crippen LogP contribution is 2.26. The van der Waals surface area contributed by atoms with E-state index in [1.807, 2.05) is 17.6 Å². The van der Waals surface area contributed by atoms with Crippen LogP contribution in [0.1, 0.15) is 11.5 Å². The maximum absolute atomic E-state index is 5.91. The van der Waals surface area contributed by atoms with Crippen LogP contribution in [-0.4, -0.2) is 27.5 Å². The summed E-state index contributed by atoms with van der Waals surface area (Å²) < 4.78 is 7.63. The van der Waals surface area contributed by atoms with E-state index in [0.717, 1.165) is 47.7 Å². The van der Waals surface area contributed by atoms with E-state index in [0.29, 0.717) is 5.88 Å². The summed E-state index contributed by atoms with van der Waals surface area (Å²) >= 11 is 7.54. The number of fused-ring (bicyclic) bond motifs is 1. The van der Waals surface area contributed by atoms with Crippen molar-refractivity contribution in [2.24, 2.45) is 0 Å². The van der Waals surface area contributed by atoms with E-state index in [9.17, 15) is 0 Å². The van der Waals surface area contributed by atoms with Crippen LogP contribution in [0.25, 0.3) is 11.0 Å². The number of rotatable bonds is 6. The molecular formula is C15H16ClN3OS. The van der Waals surface area contributed by atoms with Crippen molar-refractivity contribution >= 4 is 34.0 Å². The number of alkyl halides is 1. The molecule has 0 saturated carbocycles. The van der Waals surface area contributed by atoms with Crippen molar-refractivity contribution in [3.05, 3.63) is 40.6 Å². The van der Waals surface area contributed by atoms with Crippen molar-refractivity contribution in [3.8, 4) is 5.75 Å². The number of aromatic nitrogens is 3. The second-order valence-electron chi connectivity index (χ2n) is 4.68. The smallest absolute Gasteiger partial charge is 0.146 e. The van der Waals surface area contributed by atoms with Crippen LogP contribution in [0.3, 0.4) is 0 Å². The number of thiazole rings is 1. The molecule has 110 valence electrons. The average molecular weight is 322 g/mol. The predicted octanol–water partition coefficient (Wildman–Crippen LogP) is 3.53. The number of benzene rings is 1. The SMILES string of the molecule is COc1cccc2c1nc(CCCl)n2CCc1cscn1. The fourth-order valence-electron chi connectivity index (χ4n) is 2.45. The van der Waals surface area contributed by atoms with E-state index < -0.39 is 0 Å². The first-order chi connectivity index (χ1) is 10.3. The van der Waals surface area contributed by atoms with Gasteiger partial charge < -0.3 is 9.30 Å². The lowest BCUT2D eigenvalue weighted by Gasteiger charge is -2.07. The molecule has 0 saturated heterocycles. The molecule has 0 atom stereocenters. The number of halogens is 1. The second-order valence-corrected chi connectivity index (χ2v) is 5.77. The Morgan fingerprint density at radius 1 is 1.33 bits per heavy atom. The van der Waals surface area contributed by atoms with Gasteiger partial charge in [0.05, 0.1) is 23.8 Å². The molecule has 0 fully saturated rings. The van der Waals surface area contributed by atoms with Gasteiger partial charge in [-0.15, -0.1) is 22.9 Å². The quantitative estimate of drug-likeness (QED) is 0.652. The van der Waals surface area contributed by atoms with Gasteiger partial charge in [-0.1, -0.05) is 6.07 Å². The molecule has 6 heteroatoms. The lowest BCUT2D eigenvalue weighted by molar-refractivity contribution is 0.419. The van der Waals surface area contributed by atoms with Gasteiger partial charge in [-0.3, -0.25) is 0 Å². The lowest BCUT2D eigenvalue weighted by atomic mass is 10.2. The summed E-state index contributed by atoms with van der Waals surface area (Å²) in [5.74, 6) is 2.36. The highest BCUT2D eigenvalue weighted by Gasteiger charge is 2.13. The highest BCUT2D eigenvalue weighted by molar-refractivity contribution is 7.07. The van der Waals surface area contributed by atoms with Gasteiger partial charge in [-0.25, -0.2) is 9.97 Å². The number of nitrogens with zero attached hydrogens (tertiary/aromatic N) is 3. The molecule has 0 unspecified atom stereocenters. The van der Waals surface area contributed by atoms with Crippen molar-refractivity contribution in [2.45, 2.75) is 19.4 Å². The fourth-order valence-corrected chi connectivity index (χ4v) is 3.21. The highest BCUT2D eigenvalue weighted by atomic mass is 35.5. The average Bonchev–Trinajstić information content (AvgIpc) is 3.12. The number of para-hydroxylation sites is 1. The van der Waals surface area contributed by atoms with Crippen molar-refractivity contribution < 1.29 is 4.74 Å². The van der Waals surface area contributed by atoms with Crippen LogP contribution in [0.4, 0.5) is 0 Å². The van der Waals surface area contributed by atoms with E-state index in [1.165, 1.54) is 0 Å². The first-order valence-corrected chi connectivity index (χ1v) is 8.26. The molecule has 0 aliphatic carbocycles. The molecule has 3 aromatic rings. The third-order valence-electron chi connectivity index (χ3n) is 3.43. The van der Waals surface area contributed by atoms with E-state index in [4.69, 9.17) is 21.3 Å². The second kappa shape index (κ2) is 6.45. The fraction of sp³-hybridized carbons (Fsp3) is 0.333. The van der Waals surface area contributed by atoms with Gasteiger partial charge in [0.15, 0.2) is 0 Å². The molecule has 0 amide bonds. The maximum Gasteiger partial charge on any atom is 0.146 e. The largest absolute Gasteiger partial charge is 0.494 e. The Bertz CT molecular complexity index is 724. The molecule has 2 heterocycles. The van der Waals surface area contributed by atoms with Gasteiger partial charge in [0, 0.05) is 30.6 Å². The molecule has 0 radical (unpaired) electrons. The van der Waals surface area contributed by atoms with Crippen LogP contribution in [-0.2, 0) is 19.4 Å². The summed E-state index contributed by atoms with van der Waals surface area (Å²) in [6, 6.07) is 6.00. The minimum Gasteiger partial charge on any atom is -0.494 e. The Labute approximate surface area is 132 Å². The van der Waals surface area contributed by atoms with Gasteiger partial charge in [0.1, 0.15) is 17.1 Å². The van der Waals surface area contributed by atoms with Crippen molar-refractivity contribution in [1.29, 1.82) is 0 Å². The molecule has 3 rings (SSSR count). The molecule has 0 spiro atoms. The van der Waals surface area contributed by atoms with Crippen LogP contribution in [0.15, 0.2) is 29.1 Å². The Morgan fingerprint density at radius 2 is 2.24 bits per heavy atom. The van der Waals surface area contributed by atoms with Crippen LogP contribution in [0.2, 0.25) is 0 Å². The molecule has 0 N–H and O–H groups in total. The first-order valence-electron chi connectivity index (χ1n) is 6.78. The normalized spacial score (nSPS) is 11.1. The van der Waals surface area contributed by atoms with Gasteiger partial charge in [0.2, 0.25) is 0 Å². The minimum atomic E-state index is 0.558. The molecule has 0 aliphatic rings. The molecule has 4 nitrogen and oxygen atoms in total.